The first-order valence-corrected chi connectivity index (χ1v) is 7.60. The summed E-state index contributed by atoms with van der Waals surface area (Å²) < 4.78 is 1.91. The van der Waals surface area contributed by atoms with Gasteiger partial charge in [0.05, 0.1) is 0 Å². The molecule has 2 aromatic heterocycles. The van der Waals surface area contributed by atoms with Gasteiger partial charge >= 0.3 is 0 Å². The molecule has 0 unspecified atom stereocenters. The summed E-state index contributed by atoms with van der Waals surface area (Å²) in [6.45, 7) is 0. The monoisotopic (exact) mass is 288 g/mol. The van der Waals surface area contributed by atoms with Crippen LogP contribution in [0.15, 0.2) is 29.2 Å². The lowest BCUT2D eigenvalue weighted by Gasteiger charge is -2.22. The van der Waals surface area contributed by atoms with Crippen molar-refractivity contribution in [1.82, 2.24) is 19.8 Å². The predicted octanol–water partition coefficient (Wildman–Crippen LogP) is 3.41. The van der Waals surface area contributed by atoms with Crippen molar-refractivity contribution in [2.75, 3.05) is 0 Å². The van der Waals surface area contributed by atoms with Gasteiger partial charge < -0.3 is 0 Å². The van der Waals surface area contributed by atoms with E-state index in [2.05, 4.69) is 27.9 Å². The zero-order valence-corrected chi connectivity index (χ0v) is 11.9. The number of nitrogens with zero attached hydrogens (tertiary/aromatic N) is 4. The number of thiol groups is 1. The maximum absolute atomic E-state index is 4.67. The van der Waals surface area contributed by atoms with E-state index >= 15 is 0 Å². The first-order chi connectivity index (χ1) is 9.33. The van der Waals surface area contributed by atoms with Crippen molar-refractivity contribution in [2.24, 2.45) is 0 Å². The van der Waals surface area contributed by atoms with Gasteiger partial charge in [-0.05, 0) is 18.9 Å². The van der Waals surface area contributed by atoms with Crippen LogP contribution in [-0.4, -0.2) is 19.8 Å². The molecule has 19 heavy (non-hydrogen) atoms. The van der Waals surface area contributed by atoms with Gasteiger partial charge in [0.1, 0.15) is 5.01 Å². The van der Waals surface area contributed by atoms with E-state index in [0.717, 1.165) is 26.3 Å². The fraction of sp³-hybridized carbons (Fsp3) is 0.308. The topological polar surface area (TPSA) is 43.1 Å². The highest BCUT2D eigenvalue weighted by Crippen LogP contribution is 2.37. The van der Waals surface area contributed by atoms with Crippen LogP contribution in [0.4, 0.5) is 0 Å². The summed E-state index contributed by atoms with van der Waals surface area (Å²) in [5, 5.41) is 14.1. The molecule has 96 valence electrons. The molecule has 1 aliphatic carbocycles. The third kappa shape index (κ3) is 1.78. The Bertz CT molecular complexity index is 742. The zero-order chi connectivity index (χ0) is 12.8. The molecule has 2 heterocycles. The van der Waals surface area contributed by atoms with E-state index in [1.54, 1.807) is 11.3 Å². The van der Waals surface area contributed by atoms with Crippen LogP contribution < -0.4 is 0 Å². The lowest BCUT2D eigenvalue weighted by atomic mass is 9.85. The van der Waals surface area contributed by atoms with E-state index in [4.69, 9.17) is 0 Å². The highest BCUT2D eigenvalue weighted by molar-refractivity contribution is 7.80. The Labute approximate surface area is 119 Å². The second kappa shape index (κ2) is 4.31. The second-order valence-electron chi connectivity index (χ2n) is 4.80. The second-order valence-corrected chi connectivity index (χ2v) is 6.24. The van der Waals surface area contributed by atoms with Crippen LogP contribution in [0.2, 0.25) is 0 Å². The Balaban J connectivity index is 1.84. The smallest absolute Gasteiger partial charge is 0.187 e. The molecule has 1 aliphatic rings. The number of hydrogen-bond acceptors (Lipinski definition) is 5. The molecule has 0 aliphatic heterocycles. The number of aromatic nitrogens is 4. The molecule has 0 bridgehead atoms. The van der Waals surface area contributed by atoms with E-state index in [9.17, 15) is 0 Å². The van der Waals surface area contributed by atoms with Crippen LogP contribution in [0.25, 0.3) is 15.5 Å². The number of benzene rings is 1. The maximum Gasteiger partial charge on any atom is 0.234 e. The van der Waals surface area contributed by atoms with E-state index < -0.39 is 0 Å². The van der Waals surface area contributed by atoms with Gasteiger partial charge in [0.2, 0.25) is 4.96 Å². The molecule has 0 atom stereocenters. The maximum atomic E-state index is 4.67. The quantitative estimate of drug-likeness (QED) is 0.735. The molecule has 3 aromatic rings. The van der Waals surface area contributed by atoms with Crippen molar-refractivity contribution >= 4 is 28.9 Å². The molecular weight excluding hydrogens is 276 g/mol. The average molecular weight is 288 g/mol. The van der Waals surface area contributed by atoms with Crippen molar-refractivity contribution in [1.29, 1.82) is 0 Å². The van der Waals surface area contributed by atoms with Gasteiger partial charge in [-0.1, -0.05) is 36.0 Å². The average Bonchev–Trinajstić information content (AvgIpc) is 2.90. The van der Waals surface area contributed by atoms with Crippen molar-refractivity contribution in [3.8, 4) is 10.6 Å². The Kier molecular flexibility index (Phi) is 2.60. The largest absolute Gasteiger partial charge is 0.234 e. The van der Waals surface area contributed by atoms with Crippen molar-refractivity contribution < 1.29 is 0 Å². The fourth-order valence-electron chi connectivity index (χ4n) is 2.32. The Hall–Kier alpha value is -1.40. The molecule has 1 fully saturated rings. The van der Waals surface area contributed by atoms with Gasteiger partial charge in [0.15, 0.2) is 5.82 Å². The summed E-state index contributed by atoms with van der Waals surface area (Å²) in [5.41, 5.74) is 1.06. The van der Waals surface area contributed by atoms with Crippen molar-refractivity contribution in [3.05, 3.63) is 30.1 Å². The lowest BCUT2D eigenvalue weighted by molar-refractivity contribution is 0.395. The van der Waals surface area contributed by atoms with Gasteiger partial charge in [-0.25, -0.2) is 0 Å². The molecule has 0 saturated heterocycles. The Morgan fingerprint density at radius 1 is 1.21 bits per heavy atom. The molecule has 0 N–H and O–H groups in total. The minimum atomic E-state index is 0.538. The molecule has 6 heteroatoms. The summed E-state index contributed by atoms with van der Waals surface area (Å²) in [7, 11) is 0. The van der Waals surface area contributed by atoms with Crippen LogP contribution in [-0.2, 0) is 0 Å². The highest BCUT2D eigenvalue weighted by atomic mass is 32.1. The van der Waals surface area contributed by atoms with E-state index in [-0.39, 0.29) is 0 Å². The van der Waals surface area contributed by atoms with Crippen LogP contribution in [0, 0.1) is 0 Å². The van der Waals surface area contributed by atoms with E-state index in [1.165, 1.54) is 19.3 Å². The molecule has 4 rings (SSSR count). The van der Waals surface area contributed by atoms with Crippen LogP contribution >= 0.6 is 24.0 Å². The molecule has 1 aromatic carbocycles. The van der Waals surface area contributed by atoms with Crippen molar-refractivity contribution in [3.63, 3.8) is 0 Å². The molecule has 1 saturated carbocycles. The normalized spacial score (nSPS) is 15.8. The summed E-state index contributed by atoms with van der Waals surface area (Å²) in [6.07, 6.45) is 3.70. The molecule has 0 amide bonds. The highest BCUT2D eigenvalue weighted by Gasteiger charge is 2.26. The first-order valence-electron chi connectivity index (χ1n) is 6.33. The number of fused-ring (bicyclic) bond motifs is 1. The van der Waals surface area contributed by atoms with Crippen LogP contribution in [0.1, 0.15) is 31.0 Å². The third-order valence-electron chi connectivity index (χ3n) is 3.62. The van der Waals surface area contributed by atoms with Crippen LogP contribution in [0.5, 0.6) is 0 Å². The Morgan fingerprint density at radius 2 is 2.05 bits per heavy atom. The van der Waals surface area contributed by atoms with E-state index in [1.807, 2.05) is 28.8 Å². The standard InChI is InChI=1S/C13H12N4S2/c18-10-7-2-1-6-9(10)12-16-17-11(8-4-3-5-8)14-15-13(17)19-12/h1-2,6-8,18H,3-5H2. The van der Waals surface area contributed by atoms with Crippen molar-refractivity contribution in [2.45, 2.75) is 30.1 Å². The summed E-state index contributed by atoms with van der Waals surface area (Å²) in [5.74, 6) is 1.55. The minimum Gasteiger partial charge on any atom is -0.187 e. The Morgan fingerprint density at radius 3 is 2.79 bits per heavy atom. The summed E-state index contributed by atoms with van der Waals surface area (Å²) in [6, 6.07) is 8.00. The first kappa shape index (κ1) is 11.4. The molecule has 0 radical (unpaired) electrons. The molecular formula is C13H12N4S2. The lowest BCUT2D eigenvalue weighted by Crippen LogP contribution is -2.12. The summed E-state index contributed by atoms with van der Waals surface area (Å²) in [4.78, 5) is 1.81. The predicted molar refractivity (Wildman–Crippen MR) is 77.9 cm³/mol. The summed E-state index contributed by atoms with van der Waals surface area (Å²) >= 11 is 6.06. The van der Waals surface area contributed by atoms with E-state index in [0.29, 0.717) is 5.92 Å². The minimum absolute atomic E-state index is 0.538. The van der Waals surface area contributed by atoms with Gasteiger partial charge in [-0.15, -0.1) is 22.8 Å². The fourth-order valence-corrected chi connectivity index (χ4v) is 3.54. The number of hydrogen-bond donors (Lipinski definition) is 1. The molecule has 4 nitrogen and oxygen atoms in total. The zero-order valence-electron chi connectivity index (χ0n) is 10.2. The van der Waals surface area contributed by atoms with Gasteiger partial charge in [-0.3, -0.25) is 0 Å². The van der Waals surface area contributed by atoms with Gasteiger partial charge in [0.25, 0.3) is 0 Å². The SMILES string of the molecule is Sc1ccccc1-c1nn2c(C3CCC3)nnc2s1. The van der Waals surface area contributed by atoms with Gasteiger partial charge in [0, 0.05) is 16.4 Å². The molecule has 0 spiro atoms. The third-order valence-corrected chi connectivity index (χ3v) is 4.94. The van der Waals surface area contributed by atoms with Gasteiger partial charge in [-0.2, -0.15) is 9.61 Å². The van der Waals surface area contributed by atoms with Crippen LogP contribution in [0.3, 0.4) is 0 Å². The number of rotatable bonds is 2.